The molecule has 0 bridgehead atoms. The quantitative estimate of drug-likeness (QED) is 0.816. The van der Waals surface area contributed by atoms with Gasteiger partial charge in [-0.05, 0) is 38.0 Å². The smallest absolute Gasteiger partial charge is 0.260 e. The third-order valence-corrected chi connectivity index (χ3v) is 6.06. The second-order valence-corrected chi connectivity index (χ2v) is 7.62. The Hall–Kier alpha value is -1.99. The summed E-state index contributed by atoms with van der Waals surface area (Å²) in [6.45, 7) is 3.28. The number of carbonyl (C=O) groups is 2. The number of carbonyl (C=O) groups excluding carboxylic acids is 2. The number of aromatic nitrogens is 3. The number of amides is 2. The van der Waals surface area contributed by atoms with Gasteiger partial charge in [-0.3, -0.25) is 14.3 Å². The Bertz CT molecular complexity index is 660. The predicted molar refractivity (Wildman–Crippen MR) is 87.1 cm³/mol. The van der Waals surface area contributed by atoms with Crippen molar-refractivity contribution in [3.8, 4) is 0 Å². The van der Waals surface area contributed by atoms with E-state index in [0.29, 0.717) is 32.5 Å². The molecule has 0 aromatic carbocycles. The van der Waals surface area contributed by atoms with Crippen molar-refractivity contribution in [3.05, 3.63) is 12.7 Å². The molecule has 0 radical (unpaired) electrons. The maximum Gasteiger partial charge on any atom is 0.260 e. The lowest BCUT2D eigenvalue weighted by Crippen LogP contribution is -2.56. The number of rotatable bonds is 3. The Balaban J connectivity index is 1.47. The Morgan fingerprint density at radius 1 is 1.36 bits per heavy atom. The van der Waals surface area contributed by atoms with Crippen LogP contribution in [0.1, 0.15) is 39.0 Å². The monoisotopic (exact) mass is 349 g/mol. The first-order chi connectivity index (χ1) is 12.0. The molecular weight excluding hydrogens is 325 g/mol. The van der Waals surface area contributed by atoms with Crippen molar-refractivity contribution in [2.24, 2.45) is 5.92 Å². The highest BCUT2D eigenvalue weighted by Gasteiger charge is 2.51. The molecule has 136 valence electrons. The molecule has 4 rings (SSSR count). The molecular formula is C17H24FN5O2. The van der Waals surface area contributed by atoms with Crippen molar-refractivity contribution in [1.82, 2.24) is 24.6 Å². The van der Waals surface area contributed by atoms with Gasteiger partial charge in [-0.2, -0.15) is 5.10 Å². The summed E-state index contributed by atoms with van der Waals surface area (Å²) in [4.78, 5) is 32.3. The van der Waals surface area contributed by atoms with Crippen LogP contribution in [0.15, 0.2) is 12.7 Å². The average molecular weight is 349 g/mol. The topological polar surface area (TPSA) is 71.3 Å². The fraction of sp³-hybridized carbons (Fsp3) is 0.765. The number of fused-ring (bicyclic) bond motifs is 1. The van der Waals surface area contributed by atoms with Gasteiger partial charge in [0.25, 0.3) is 5.91 Å². The van der Waals surface area contributed by atoms with Crippen LogP contribution < -0.4 is 0 Å². The molecule has 3 heterocycles. The summed E-state index contributed by atoms with van der Waals surface area (Å²) >= 11 is 0. The molecule has 1 aromatic rings. The first kappa shape index (κ1) is 16.5. The maximum atomic E-state index is 14.5. The van der Waals surface area contributed by atoms with E-state index in [1.165, 1.54) is 6.33 Å². The van der Waals surface area contributed by atoms with E-state index in [1.807, 2.05) is 4.90 Å². The third-order valence-electron chi connectivity index (χ3n) is 6.06. The highest BCUT2D eigenvalue weighted by molar-refractivity contribution is 5.86. The lowest BCUT2D eigenvalue weighted by molar-refractivity contribution is -0.152. The number of likely N-dealkylation sites (tertiary alicyclic amines) is 2. The van der Waals surface area contributed by atoms with Crippen LogP contribution in [0.2, 0.25) is 0 Å². The fourth-order valence-corrected chi connectivity index (χ4v) is 4.72. The van der Waals surface area contributed by atoms with Crippen molar-refractivity contribution in [1.29, 1.82) is 0 Å². The Morgan fingerprint density at radius 3 is 2.76 bits per heavy atom. The van der Waals surface area contributed by atoms with Crippen LogP contribution in [0.4, 0.5) is 4.39 Å². The SMILES string of the molecule is CC(=O)N1[C@H](Cn2cncn2)C[C@@H]2CN(C(=O)C3(F)CCC3)CC[C@@H]21. The minimum Gasteiger partial charge on any atom is -0.339 e. The van der Waals surface area contributed by atoms with Crippen molar-refractivity contribution >= 4 is 11.8 Å². The molecule has 3 aliphatic rings. The van der Waals surface area contributed by atoms with Crippen LogP contribution in [-0.2, 0) is 16.1 Å². The lowest BCUT2D eigenvalue weighted by Gasteiger charge is -2.42. The summed E-state index contributed by atoms with van der Waals surface area (Å²) in [5.41, 5.74) is -1.63. The van der Waals surface area contributed by atoms with E-state index in [1.54, 1.807) is 22.8 Å². The molecule has 0 unspecified atom stereocenters. The average Bonchev–Trinajstić information content (AvgIpc) is 3.18. The highest BCUT2D eigenvalue weighted by Crippen LogP contribution is 2.41. The van der Waals surface area contributed by atoms with Gasteiger partial charge in [-0.25, -0.2) is 9.37 Å². The number of piperidine rings is 1. The fourth-order valence-electron chi connectivity index (χ4n) is 4.72. The van der Waals surface area contributed by atoms with Crippen molar-refractivity contribution < 1.29 is 14.0 Å². The molecule has 1 aromatic heterocycles. The van der Waals surface area contributed by atoms with Gasteiger partial charge in [-0.15, -0.1) is 0 Å². The molecule has 1 saturated carbocycles. The zero-order valence-corrected chi connectivity index (χ0v) is 14.5. The van der Waals surface area contributed by atoms with Gasteiger partial charge in [-0.1, -0.05) is 0 Å². The third kappa shape index (κ3) is 2.81. The minimum absolute atomic E-state index is 0.0484. The zero-order chi connectivity index (χ0) is 17.6. The predicted octanol–water partition coefficient (Wildman–Crippen LogP) is 1.01. The van der Waals surface area contributed by atoms with Crippen LogP contribution in [0, 0.1) is 5.92 Å². The van der Waals surface area contributed by atoms with Gasteiger partial charge in [0.1, 0.15) is 12.7 Å². The van der Waals surface area contributed by atoms with Crippen LogP contribution in [0.5, 0.6) is 0 Å². The molecule has 0 spiro atoms. The van der Waals surface area contributed by atoms with Gasteiger partial charge in [0.05, 0.1) is 12.6 Å². The van der Waals surface area contributed by atoms with E-state index in [4.69, 9.17) is 0 Å². The summed E-state index contributed by atoms with van der Waals surface area (Å²) in [6, 6.07) is 0.180. The van der Waals surface area contributed by atoms with Crippen LogP contribution >= 0.6 is 0 Å². The molecule has 2 aliphatic heterocycles. The molecule has 3 fully saturated rings. The van der Waals surface area contributed by atoms with Gasteiger partial charge >= 0.3 is 0 Å². The molecule has 2 saturated heterocycles. The standard InChI is InChI=1S/C17H24FN5O2/c1-12(24)23-14(9-22-11-19-10-20-22)7-13-8-21(6-3-15(13)23)16(25)17(18)4-2-5-17/h10-11,13-15H,2-9H2,1H3/t13-,14+,15+/m1/s1. The molecule has 7 nitrogen and oxygen atoms in total. The number of alkyl halides is 1. The Labute approximate surface area is 146 Å². The van der Waals surface area contributed by atoms with Gasteiger partial charge in [0.2, 0.25) is 5.91 Å². The number of halogens is 1. The summed E-state index contributed by atoms with van der Waals surface area (Å²) in [7, 11) is 0. The van der Waals surface area contributed by atoms with Crippen LogP contribution in [-0.4, -0.2) is 67.2 Å². The molecule has 3 atom stereocenters. The van der Waals surface area contributed by atoms with E-state index < -0.39 is 5.67 Å². The summed E-state index contributed by atoms with van der Waals surface area (Å²) < 4.78 is 16.2. The lowest BCUT2D eigenvalue weighted by atomic mass is 9.80. The van der Waals surface area contributed by atoms with E-state index in [-0.39, 0.29) is 29.8 Å². The largest absolute Gasteiger partial charge is 0.339 e. The number of hydrogen-bond donors (Lipinski definition) is 0. The summed E-state index contributed by atoms with van der Waals surface area (Å²) in [5, 5.41) is 4.14. The van der Waals surface area contributed by atoms with Gasteiger partial charge in [0.15, 0.2) is 5.67 Å². The summed E-state index contributed by atoms with van der Waals surface area (Å²) in [6.07, 6.45) is 6.17. The van der Waals surface area contributed by atoms with Crippen molar-refractivity contribution in [3.63, 3.8) is 0 Å². The molecule has 1 aliphatic carbocycles. The summed E-state index contributed by atoms with van der Waals surface area (Å²) in [5.74, 6) is -0.0801. The molecule has 0 N–H and O–H groups in total. The molecule has 8 heteroatoms. The van der Waals surface area contributed by atoms with Gasteiger partial charge in [0, 0.05) is 26.1 Å². The highest BCUT2D eigenvalue weighted by atomic mass is 19.1. The van der Waals surface area contributed by atoms with Crippen LogP contribution in [0.3, 0.4) is 0 Å². The van der Waals surface area contributed by atoms with Crippen molar-refractivity contribution in [2.45, 2.75) is 63.3 Å². The first-order valence-corrected chi connectivity index (χ1v) is 9.07. The molecule has 25 heavy (non-hydrogen) atoms. The van der Waals surface area contributed by atoms with E-state index in [0.717, 1.165) is 19.3 Å². The minimum atomic E-state index is -1.63. The van der Waals surface area contributed by atoms with Crippen LogP contribution in [0.25, 0.3) is 0 Å². The number of hydrogen-bond acceptors (Lipinski definition) is 4. The second kappa shape index (κ2) is 6.07. The normalized spacial score (nSPS) is 30.7. The zero-order valence-electron chi connectivity index (χ0n) is 14.5. The second-order valence-electron chi connectivity index (χ2n) is 7.62. The van der Waals surface area contributed by atoms with E-state index in [2.05, 4.69) is 10.1 Å². The first-order valence-electron chi connectivity index (χ1n) is 9.07. The van der Waals surface area contributed by atoms with Gasteiger partial charge < -0.3 is 9.80 Å². The molecule has 2 amide bonds. The van der Waals surface area contributed by atoms with E-state index >= 15 is 0 Å². The van der Waals surface area contributed by atoms with E-state index in [9.17, 15) is 14.0 Å². The maximum absolute atomic E-state index is 14.5. The Kier molecular flexibility index (Phi) is 4.00. The van der Waals surface area contributed by atoms with Crippen molar-refractivity contribution in [2.75, 3.05) is 13.1 Å². The Morgan fingerprint density at radius 2 is 2.16 bits per heavy atom. The number of nitrogens with zero attached hydrogens (tertiary/aromatic N) is 5.